The van der Waals surface area contributed by atoms with E-state index in [0.29, 0.717) is 26.3 Å². The van der Waals surface area contributed by atoms with Gasteiger partial charge in [0, 0.05) is 51.7 Å². The summed E-state index contributed by atoms with van der Waals surface area (Å²) in [6.07, 6.45) is 1.73. The number of hydrogen-bond acceptors (Lipinski definition) is 3. The van der Waals surface area contributed by atoms with Crippen molar-refractivity contribution in [3.05, 3.63) is 71.5 Å². The number of rotatable bonds is 8. The molecule has 0 aromatic heterocycles. The second-order valence-electron chi connectivity index (χ2n) is 7.99. The highest BCUT2D eigenvalue weighted by molar-refractivity contribution is 5.78. The number of carbonyl (C=O) groups excluding carboxylic acids is 2. The first-order valence-electron chi connectivity index (χ1n) is 10.6. The van der Waals surface area contributed by atoms with Gasteiger partial charge in [-0.2, -0.15) is 0 Å². The molecular weight excluding hydrogens is 397 g/mol. The van der Waals surface area contributed by atoms with Gasteiger partial charge >= 0.3 is 6.03 Å². The largest absolute Gasteiger partial charge is 0.381 e. The van der Waals surface area contributed by atoms with E-state index in [0.717, 1.165) is 24.0 Å². The Hall–Kier alpha value is -2.93. The summed E-state index contributed by atoms with van der Waals surface area (Å²) < 4.78 is 18.8. The number of amides is 3. The number of hydrogen-bond donors (Lipinski definition) is 2. The molecule has 6 nitrogen and oxygen atoms in total. The molecule has 0 unspecified atom stereocenters. The highest BCUT2D eigenvalue weighted by Gasteiger charge is 2.34. The van der Waals surface area contributed by atoms with Crippen LogP contribution in [-0.4, -0.2) is 50.2 Å². The fourth-order valence-electron chi connectivity index (χ4n) is 3.86. The van der Waals surface area contributed by atoms with Crippen LogP contribution in [0.1, 0.15) is 30.4 Å². The third-order valence-electron chi connectivity index (χ3n) is 5.81. The molecule has 3 rings (SSSR count). The zero-order valence-corrected chi connectivity index (χ0v) is 17.9. The standard InChI is InChI=1S/C24H30FN3O3/c1-28(17-19-5-3-2-4-6-19)22(29)11-14-26-23(30)27-18-24(12-15-31-16-13-24)20-7-9-21(25)10-8-20/h2-10H,11-18H2,1H3,(H2,26,27,30). The van der Waals surface area contributed by atoms with Crippen molar-refractivity contribution in [2.45, 2.75) is 31.2 Å². The smallest absolute Gasteiger partial charge is 0.314 e. The Kier molecular flexibility index (Phi) is 8.00. The average Bonchev–Trinajstić information content (AvgIpc) is 2.79. The molecule has 1 saturated heterocycles. The first-order valence-corrected chi connectivity index (χ1v) is 10.6. The van der Waals surface area contributed by atoms with Crippen molar-refractivity contribution in [2.75, 3.05) is 33.4 Å². The normalized spacial score (nSPS) is 15.2. The van der Waals surface area contributed by atoms with E-state index in [1.807, 2.05) is 30.3 Å². The van der Waals surface area contributed by atoms with Gasteiger partial charge in [0.25, 0.3) is 0 Å². The van der Waals surface area contributed by atoms with E-state index in [1.54, 1.807) is 24.1 Å². The summed E-state index contributed by atoms with van der Waals surface area (Å²) >= 11 is 0. The molecule has 31 heavy (non-hydrogen) atoms. The number of benzene rings is 2. The molecule has 2 N–H and O–H groups in total. The Morgan fingerprint density at radius 1 is 1.03 bits per heavy atom. The van der Waals surface area contributed by atoms with Crippen LogP contribution in [0.4, 0.5) is 9.18 Å². The molecule has 0 radical (unpaired) electrons. The predicted octanol–water partition coefficient (Wildman–Crippen LogP) is 3.22. The molecule has 1 aliphatic rings. The monoisotopic (exact) mass is 427 g/mol. The fraction of sp³-hybridized carbons (Fsp3) is 0.417. The number of urea groups is 1. The number of nitrogens with one attached hydrogen (secondary N) is 2. The molecule has 1 fully saturated rings. The lowest BCUT2D eigenvalue weighted by molar-refractivity contribution is -0.130. The maximum Gasteiger partial charge on any atom is 0.314 e. The minimum absolute atomic E-state index is 0.0311. The number of carbonyl (C=O) groups is 2. The highest BCUT2D eigenvalue weighted by Crippen LogP contribution is 2.34. The van der Waals surface area contributed by atoms with Crippen molar-refractivity contribution in [1.29, 1.82) is 0 Å². The Bertz CT molecular complexity index is 852. The summed E-state index contributed by atoms with van der Waals surface area (Å²) in [5, 5.41) is 5.69. The first-order chi connectivity index (χ1) is 15.0. The minimum atomic E-state index is -0.313. The van der Waals surface area contributed by atoms with Crippen LogP contribution in [0.2, 0.25) is 0 Å². The Labute approximate surface area is 182 Å². The summed E-state index contributed by atoms with van der Waals surface area (Å²) in [4.78, 5) is 26.3. The summed E-state index contributed by atoms with van der Waals surface area (Å²) in [5.74, 6) is -0.310. The lowest BCUT2D eigenvalue weighted by atomic mass is 9.74. The van der Waals surface area contributed by atoms with E-state index < -0.39 is 0 Å². The van der Waals surface area contributed by atoms with Gasteiger partial charge in [-0.15, -0.1) is 0 Å². The van der Waals surface area contributed by atoms with Crippen LogP contribution >= 0.6 is 0 Å². The first kappa shape index (κ1) is 22.7. The molecule has 3 amide bonds. The van der Waals surface area contributed by atoms with Crippen LogP contribution < -0.4 is 10.6 Å². The predicted molar refractivity (Wildman–Crippen MR) is 117 cm³/mol. The molecule has 0 spiro atoms. The van der Waals surface area contributed by atoms with Crippen LogP contribution in [0.3, 0.4) is 0 Å². The molecule has 166 valence electrons. The van der Waals surface area contributed by atoms with E-state index in [9.17, 15) is 14.0 Å². The zero-order chi connectivity index (χ0) is 22.1. The van der Waals surface area contributed by atoms with Crippen molar-refractivity contribution >= 4 is 11.9 Å². The van der Waals surface area contributed by atoms with E-state index in [4.69, 9.17) is 4.74 Å². The highest BCUT2D eigenvalue weighted by atomic mass is 19.1. The maximum atomic E-state index is 13.3. The summed E-state index contributed by atoms with van der Waals surface area (Å²) in [6.45, 7) is 2.42. The molecule has 0 aliphatic carbocycles. The van der Waals surface area contributed by atoms with Crippen LogP contribution in [0, 0.1) is 5.82 Å². The van der Waals surface area contributed by atoms with Gasteiger partial charge in [0.1, 0.15) is 5.82 Å². The molecule has 1 aliphatic heterocycles. The van der Waals surface area contributed by atoms with Crippen LogP contribution in [0.5, 0.6) is 0 Å². The molecular formula is C24H30FN3O3. The van der Waals surface area contributed by atoms with E-state index in [1.165, 1.54) is 12.1 Å². The van der Waals surface area contributed by atoms with Gasteiger partial charge in [-0.3, -0.25) is 4.79 Å². The number of ether oxygens (including phenoxy) is 1. The molecule has 0 atom stereocenters. The molecule has 2 aromatic rings. The zero-order valence-electron chi connectivity index (χ0n) is 17.9. The quantitative estimate of drug-likeness (QED) is 0.680. The average molecular weight is 428 g/mol. The molecule has 0 bridgehead atoms. The Balaban J connectivity index is 1.45. The SMILES string of the molecule is CN(Cc1ccccc1)C(=O)CCNC(=O)NCC1(c2ccc(F)cc2)CCOCC1. The number of halogens is 1. The van der Waals surface area contributed by atoms with Crippen molar-refractivity contribution in [3.63, 3.8) is 0 Å². The topological polar surface area (TPSA) is 70.7 Å². The van der Waals surface area contributed by atoms with Crippen molar-refractivity contribution in [1.82, 2.24) is 15.5 Å². The van der Waals surface area contributed by atoms with E-state index in [2.05, 4.69) is 10.6 Å². The van der Waals surface area contributed by atoms with Gasteiger partial charge in [0.15, 0.2) is 0 Å². The Morgan fingerprint density at radius 2 is 1.71 bits per heavy atom. The Morgan fingerprint density at radius 3 is 2.39 bits per heavy atom. The van der Waals surface area contributed by atoms with Gasteiger partial charge in [0.2, 0.25) is 5.91 Å². The van der Waals surface area contributed by atoms with Gasteiger partial charge in [-0.05, 0) is 36.1 Å². The van der Waals surface area contributed by atoms with Gasteiger partial charge in [0.05, 0.1) is 0 Å². The van der Waals surface area contributed by atoms with Gasteiger partial charge < -0.3 is 20.3 Å². The van der Waals surface area contributed by atoms with Crippen molar-refractivity contribution < 1.29 is 18.7 Å². The van der Waals surface area contributed by atoms with Crippen molar-refractivity contribution in [3.8, 4) is 0 Å². The van der Waals surface area contributed by atoms with Gasteiger partial charge in [-0.25, -0.2) is 9.18 Å². The van der Waals surface area contributed by atoms with Crippen molar-refractivity contribution in [2.24, 2.45) is 0 Å². The lowest BCUT2D eigenvalue weighted by Crippen LogP contribution is -2.47. The second kappa shape index (κ2) is 10.9. The lowest BCUT2D eigenvalue weighted by Gasteiger charge is -2.38. The van der Waals surface area contributed by atoms with E-state index >= 15 is 0 Å². The molecule has 7 heteroatoms. The fourth-order valence-corrected chi connectivity index (χ4v) is 3.86. The maximum absolute atomic E-state index is 13.3. The van der Waals surface area contributed by atoms with Crippen LogP contribution in [0.25, 0.3) is 0 Å². The van der Waals surface area contributed by atoms with Crippen LogP contribution in [-0.2, 0) is 21.5 Å². The van der Waals surface area contributed by atoms with E-state index in [-0.39, 0.29) is 36.1 Å². The summed E-state index contributed by atoms with van der Waals surface area (Å²) in [6, 6.07) is 15.9. The summed E-state index contributed by atoms with van der Waals surface area (Å²) in [7, 11) is 1.76. The molecule has 0 saturated carbocycles. The van der Waals surface area contributed by atoms with Gasteiger partial charge in [-0.1, -0.05) is 42.5 Å². The minimum Gasteiger partial charge on any atom is -0.381 e. The molecule has 1 heterocycles. The van der Waals surface area contributed by atoms with Crippen LogP contribution in [0.15, 0.2) is 54.6 Å². The third kappa shape index (κ3) is 6.52. The molecule has 2 aromatic carbocycles. The third-order valence-corrected chi connectivity index (χ3v) is 5.81. The number of nitrogens with zero attached hydrogens (tertiary/aromatic N) is 1. The summed E-state index contributed by atoms with van der Waals surface area (Å²) in [5.41, 5.74) is 1.77. The second-order valence-corrected chi connectivity index (χ2v) is 7.99.